The zero-order valence-corrected chi connectivity index (χ0v) is 18.5. The summed E-state index contributed by atoms with van der Waals surface area (Å²) in [6.07, 6.45) is 1.30. The number of rotatable bonds is 1. The van der Waals surface area contributed by atoms with Gasteiger partial charge in [-0.2, -0.15) is 4.98 Å². The molecule has 6 nitrogen and oxygen atoms in total. The minimum atomic E-state index is -0.817. The molecule has 0 spiro atoms. The lowest BCUT2D eigenvalue weighted by molar-refractivity contribution is 0.000822. The molecule has 2 atom stereocenters. The van der Waals surface area contributed by atoms with Gasteiger partial charge in [0.15, 0.2) is 5.82 Å². The Morgan fingerprint density at radius 1 is 1.24 bits per heavy atom. The van der Waals surface area contributed by atoms with Crippen LogP contribution in [0.3, 0.4) is 0 Å². The minimum absolute atomic E-state index is 0.0429. The number of carbonyl (C=O) groups excluding carboxylic acids is 1. The van der Waals surface area contributed by atoms with E-state index in [1.807, 2.05) is 25.7 Å². The van der Waals surface area contributed by atoms with E-state index in [1.54, 1.807) is 4.90 Å². The maximum absolute atomic E-state index is 14.6. The zero-order chi connectivity index (χ0) is 21.1. The van der Waals surface area contributed by atoms with Crippen molar-refractivity contribution in [1.82, 2.24) is 14.9 Å². The molecule has 3 aliphatic heterocycles. The van der Waals surface area contributed by atoms with Crippen molar-refractivity contribution < 1.29 is 18.3 Å². The van der Waals surface area contributed by atoms with Crippen LogP contribution in [0.4, 0.5) is 19.4 Å². The summed E-state index contributed by atoms with van der Waals surface area (Å²) in [7, 11) is 0. The van der Waals surface area contributed by atoms with Gasteiger partial charge >= 0.3 is 6.09 Å². The van der Waals surface area contributed by atoms with Crippen LogP contribution in [0.15, 0.2) is 10.5 Å². The zero-order valence-electron chi connectivity index (χ0n) is 16.2. The van der Waals surface area contributed by atoms with Crippen LogP contribution in [-0.2, 0) is 4.74 Å². The molecular weight excluding hydrogens is 470 g/mol. The first kappa shape index (κ1) is 20.5. The van der Waals surface area contributed by atoms with Gasteiger partial charge in [-0.25, -0.2) is 18.6 Å². The van der Waals surface area contributed by atoms with Crippen LogP contribution in [0.1, 0.15) is 33.6 Å². The quantitative estimate of drug-likeness (QED) is 0.421. The van der Waals surface area contributed by atoms with E-state index in [9.17, 15) is 13.6 Å². The second-order valence-corrected chi connectivity index (χ2v) is 9.50. The van der Waals surface area contributed by atoms with Crippen molar-refractivity contribution in [2.24, 2.45) is 0 Å². The van der Waals surface area contributed by atoms with Crippen LogP contribution in [-0.4, -0.2) is 51.7 Å². The summed E-state index contributed by atoms with van der Waals surface area (Å²) < 4.78 is 34.0. The number of hydrogen-bond donors (Lipinski definition) is 0. The average Bonchev–Trinajstić information content (AvgIpc) is 2.65. The van der Waals surface area contributed by atoms with Crippen LogP contribution in [0.2, 0.25) is 5.28 Å². The van der Waals surface area contributed by atoms with Gasteiger partial charge in [0.05, 0.1) is 10.5 Å². The number of aromatic nitrogens is 2. The van der Waals surface area contributed by atoms with Gasteiger partial charge in [0.1, 0.15) is 22.8 Å². The Morgan fingerprint density at radius 3 is 2.55 bits per heavy atom. The topological polar surface area (TPSA) is 58.6 Å². The summed E-state index contributed by atoms with van der Waals surface area (Å²) in [5, 5.41) is 0.138. The molecule has 1 aromatic carbocycles. The third-order valence-electron chi connectivity index (χ3n) is 5.21. The molecule has 0 radical (unpaired) electrons. The van der Waals surface area contributed by atoms with Crippen molar-refractivity contribution in [2.75, 3.05) is 18.0 Å². The van der Waals surface area contributed by atoms with Gasteiger partial charge in [-0.05, 0) is 67.2 Å². The third-order valence-corrected chi connectivity index (χ3v) is 6.11. The molecule has 3 aliphatic rings. The number of halogens is 4. The highest BCUT2D eigenvalue weighted by Crippen LogP contribution is 2.38. The molecule has 4 heterocycles. The first-order chi connectivity index (χ1) is 13.5. The van der Waals surface area contributed by atoms with Crippen LogP contribution in [0.5, 0.6) is 0 Å². The highest BCUT2D eigenvalue weighted by molar-refractivity contribution is 9.10. The highest BCUT2D eigenvalue weighted by atomic mass is 79.9. The van der Waals surface area contributed by atoms with Crippen LogP contribution < -0.4 is 4.90 Å². The van der Waals surface area contributed by atoms with Crippen molar-refractivity contribution in [1.29, 1.82) is 0 Å². The number of hydrogen-bond acceptors (Lipinski definition) is 5. The molecule has 29 heavy (non-hydrogen) atoms. The van der Waals surface area contributed by atoms with E-state index in [4.69, 9.17) is 16.3 Å². The molecule has 5 rings (SSSR count). The predicted octanol–water partition coefficient (Wildman–Crippen LogP) is 4.91. The van der Waals surface area contributed by atoms with E-state index < -0.39 is 17.2 Å². The number of ether oxygens (including phenoxy) is 1. The van der Waals surface area contributed by atoms with Crippen LogP contribution >= 0.6 is 27.5 Å². The van der Waals surface area contributed by atoms with E-state index in [1.165, 1.54) is 6.07 Å². The standard InChI is InChI=1S/C19H20BrClF2N4O2/c1-19(2,3)29-18(28)27-8-9-4-5-10(27)7-26(9)16-11-6-12(22)13(20)14(23)15(11)24-17(21)25-16/h6,9-10H,4-5,7-8H2,1-3H3/t9?,10-/m0/s1. The Bertz CT molecular complexity index is 1000. The normalized spacial score (nSPS) is 21.8. The van der Waals surface area contributed by atoms with Gasteiger partial charge in [-0.15, -0.1) is 0 Å². The predicted molar refractivity (Wildman–Crippen MR) is 109 cm³/mol. The second kappa shape index (κ2) is 7.19. The lowest BCUT2D eigenvalue weighted by Crippen LogP contribution is -2.64. The molecule has 3 fully saturated rings. The molecule has 1 aromatic heterocycles. The fourth-order valence-electron chi connectivity index (χ4n) is 3.98. The third kappa shape index (κ3) is 3.74. The van der Waals surface area contributed by atoms with Crippen molar-refractivity contribution in [2.45, 2.75) is 51.3 Å². The molecular formula is C19H20BrClF2N4O2. The van der Waals surface area contributed by atoms with Gasteiger partial charge in [0.2, 0.25) is 5.28 Å². The van der Waals surface area contributed by atoms with Gasteiger partial charge in [0, 0.05) is 24.5 Å². The van der Waals surface area contributed by atoms with Crippen molar-refractivity contribution in [3.05, 3.63) is 27.5 Å². The summed E-state index contributed by atoms with van der Waals surface area (Å²) in [6.45, 7) is 6.41. The van der Waals surface area contributed by atoms with Crippen LogP contribution in [0, 0.1) is 11.6 Å². The Balaban J connectivity index is 1.70. The molecule has 0 saturated carbocycles. The average molecular weight is 490 g/mol. The maximum Gasteiger partial charge on any atom is 0.410 e. The maximum atomic E-state index is 14.6. The monoisotopic (exact) mass is 488 g/mol. The SMILES string of the molecule is CC(C)(C)OC(=O)N1CC2CC[C@H]1CN2c1nc(Cl)nc2c(F)c(Br)c(F)cc12. The van der Waals surface area contributed by atoms with E-state index in [2.05, 4.69) is 25.9 Å². The fourth-order valence-corrected chi connectivity index (χ4v) is 4.45. The molecule has 1 unspecified atom stereocenters. The van der Waals surface area contributed by atoms with Gasteiger partial charge in [0.25, 0.3) is 0 Å². The number of nitrogens with zero attached hydrogens (tertiary/aromatic N) is 4. The summed E-state index contributed by atoms with van der Waals surface area (Å²) in [6, 6.07) is 1.07. The fraction of sp³-hybridized carbons (Fsp3) is 0.526. The lowest BCUT2D eigenvalue weighted by atomic mass is 9.91. The smallest absolute Gasteiger partial charge is 0.410 e. The molecule has 2 bridgehead atoms. The number of carbonyl (C=O) groups is 1. The summed E-state index contributed by atoms with van der Waals surface area (Å²) in [5.74, 6) is -1.17. The molecule has 2 aromatic rings. The van der Waals surface area contributed by atoms with E-state index >= 15 is 0 Å². The van der Waals surface area contributed by atoms with E-state index in [0.29, 0.717) is 18.9 Å². The first-order valence-corrected chi connectivity index (χ1v) is 10.5. The van der Waals surface area contributed by atoms with E-state index in [0.717, 1.165) is 12.8 Å². The highest BCUT2D eigenvalue weighted by Gasteiger charge is 2.43. The molecule has 0 aliphatic carbocycles. The molecule has 1 amide bonds. The molecule has 3 saturated heterocycles. The molecule has 156 valence electrons. The number of benzene rings is 1. The molecule has 10 heteroatoms. The largest absolute Gasteiger partial charge is 0.444 e. The first-order valence-electron chi connectivity index (χ1n) is 9.32. The minimum Gasteiger partial charge on any atom is -0.444 e. The Kier molecular flexibility index (Phi) is 5.09. The van der Waals surface area contributed by atoms with Gasteiger partial charge in [-0.1, -0.05) is 0 Å². The number of amides is 1. The van der Waals surface area contributed by atoms with Crippen LogP contribution in [0.25, 0.3) is 10.9 Å². The summed E-state index contributed by atoms with van der Waals surface area (Å²) in [5.41, 5.74) is -0.620. The number of fused-ring (bicyclic) bond motifs is 4. The Labute approximate surface area is 180 Å². The molecule has 0 N–H and O–H groups in total. The Morgan fingerprint density at radius 2 is 1.93 bits per heavy atom. The van der Waals surface area contributed by atoms with Crippen molar-refractivity contribution in [3.8, 4) is 0 Å². The lowest BCUT2D eigenvalue weighted by Gasteiger charge is -2.51. The van der Waals surface area contributed by atoms with Crippen molar-refractivity contribution in [3.63, 3.8) is 0 Å². The van der Waals surface area contributed by atoms with Crippen molar-refractivity contribution >= 4 is 50.3 Å². The second-order valence-electron chi connectivity index (χ2n) is 8.37. The number of piperazine rings is 1. The van der Waals surface area contributed by atoms with Gasteiger partial charge in [-0.3, -0.25) is 0 Å². The summed E-state index contributed by atoms with van der Waals surface area (Å²) in [4.78, 5) is 24.5. The number of anilines is 1. The number of piperidine rings is 2. The van der Waals surface area contributed by atoms with E-state index in [-0.39, 0.29) is 38.8 Å². The Hall–Kier alpha value is -1.74. The summed E-state index contributed by atoms with van der Waals surface area (Å²) >= 11 is 8.95. The van der Waals surface area contributed by atoms with Gasteiger partial charge < -0.3 is 14.5 Å².